The van der Waals surface area contributed by atoms with Gasteiger partial charge in [-0.1, -0.05) is 66.2 Å². The highest BCUT2D eigenvalue weighted by Gasteiger charge is 2.13. The van der Waals surface area contributed by atoms with Gasteiger partial charge in [-0.3, -0.25) is 0 Å². The Morgan fingerprint density at radius 1 is 0.867 bits per heavy atom. The summed E-state index contributed by atoms with van der Waals surface area (Å²) in [5, 5.41) is 4.36. The molecular formula is C26H30ClNO2. The zero-order chi connectivity index (χ0) is 21.2. The van der Waals surface area contributed by atoms with Gasteiger partial charge >= 0.3 is 0 Å². The van der Waals surface area contributed by atoms with Gasteiger partial charge in [-0.15, -0.1) is 0 Å². The molecule has 3 aromatic rings. The monoisotopic (exact) mass is 423 g/mol. The summed E-state index contributed by atoms with van der Waals surface area (Å²) < 4.78 is 12.0. The lowest BCUT2D eigenvalue weighted by Crippen LogP contribution is -2.26. The second-order valence-electron chi connectivity index (χ2n) is 7.40. The topological polar surface area (TPSA) is 30.5 Å². The van der Waals surface area contributed by atoms with Crippen molar-refractivity contribution >= 4 is 11.6 Å². The molecular weight excluding hydrogens is 394 g/mol. The molecule has 30 heavy (non-hydrogen) atoms. The molecule has 0 saturated carbocycles. The first kappa shape index (κ1) is 22.2. The van der Waals surface area contributed by atoms with E-state index in [1.54, 1.807) is 0 Å². The second kappa shape index (κ2) is 11.6. The lowest BCUT2D eigenvalue weighted by Gasteiger charge is -2.19. The first-order valence-corrected chi connectivity index (χ1v) is 10.9. The molecule has 3 aromatic carbocycles. The maximum atomic E-state index is 6.20. The summed E-state index contributed by atoms with van der Waals surface area (Å²) in [7, 11) is 0. The van der Waals surface area contributed by atoms with Crippen LogP contribution < -0.4 is 14.8 Å². The van der Waals surface area contributed by atoms with Gasteiger partial charge in [-0.2, -0.15) is 0 Å². The molecule has 0 fully saturated rings. The SMILES string of the molecule is CCOc1cccc(CN[C@H](C)CCc2ccccc2)c1OCc1ccc(Cl)cc1. The molecule has 0 radical (unpaired) electrons. The molecule has 0 aliphatic heterocycles. The summed E-state index contributed by atoms with van der Waals surface area (Å²) in [6, 6.07) is 24.8. The third kappa shape index (κ3) is 6.79. The largest absolute Gasteiger partial charge is 0.490 e. The van der Waals surface area contributed by atoms with Gasteiger partial charge in [0, 0.05) is 23.2 Å². The van der Waals surface area contributed by atoms with Crippen LogP contribution in [0.25, 0.3) is 0 Å². The molecule has 0 unspecified atom stereocenters. The van der Waals surface area contributed by atoms with E-state index in [1.165, 1.54) is 5.56 Å². The molecule has 0 aliphatic rings. The van der Waals surface area contributed by atoms with Crippen LogP contribution in [0, 0.1) is 0 Å². The number of nitrogens with one attached hydrogen (secondary N) is 1. The number of para-hydroxylation sites is 1. The Bertz CT molecular complexity index is 897. The normalized spacial score (nSPS) is 11.8. The minimum Gasteiger partial charge on any atom is -0.490 e. The van der Waals surface area contributed by atoms with Crippen LogP contribution >= 0.6 is 11.6 Å². The van der Waals surface area contributed by atoms with Crippen LogP contribution in [0.2, 0.25) is 5.02 Å². The summed E-state index contributed by atoms with van der Waals surface area (Å²) in [6.45, 7) is 6.01. The molecule has 0 aromatic heterocycles. The summed E-state index contributed by atoms with van der Waals surface area (Å²) in [4.78, 5) is 0. The van der Waals surface area contributed by atoms with Gasteiger partial charge in [-0.25, -0.2) is 0 Å². The van der Waals surface area contributed by atoms with Crippen molar-refractivity contribution in [2.45, 2.75) is 45.9 Å². The molecule has 4 heteroatoms. The lowest BCUT2D eigenvalue weighted by atomic mass is 10.1. The molecule has 0 bridgehead atoms. The molecule has 1 atom stereocenters. The van der Waals surface area contributed by atoms with Crippen LogP contribution in [0.5, 0.6) is 11.5 Å². The molecule has 0 saturated heterocycles. The molecule has 3 nitrogen and oxygen atoms in total. The fraction of sp³-hybridized carbons (Fsp3) is 0.308. The Hall–Kier alpha value is -2.49. The van der Waals surface area contributed by atoms with Crippen molar-refractivity contribution in [2.24, 2.45) is 0 Å². The molecule has 3 rings (SSSR count). The summed E-state index contributed by atoms with van der Waals surface area (Å²) in [5.41, 5.74) is 3.54. The Morgan fingerprint density at radius 2 is 1.63 bits per heavy atom. The third-order valence-corrected chi connectivity index (χ3v) is 5.26. The van der Waals surface area contributed by atoms with Gasteiger partial charge in [0.15, 0.2) is 11.5 Å². The van der Waals surface area contributed by atoms with Crippen LogP contribution in [-0.4, -0.2) is 12.6 Å². The Balaban J connectivity index is 1.62. The number of halogens is 1. The van der Waals surface area contributed by atoms with E-state index in [1.807, 2.05) is 43.3 Å². The number of hydrogen-bond acceptors (Lipinski definition) is 3. The average molecular weight is 424 g/mol. The number of aryl methyl sites for hydroxylation is 1. The average Bonchev–Trinajstić information content (AvgIpc) is 2.77. The minimum atomic E-state index is 0.394. The van der Waals surface area contributed by atoms with Crippen molar-refractivity contribution in [2.75, 3.05) is 6.61 Å². The van der Waals surface area contributed by atoms with Crippen molar-refractivity contribution in [3.63, 3.8) is 0 Å². The van der Waals surface area contributed by atoms with Gasteiger partial charge in [0.05, 0.1) is 6.61 Å². The predicted octanol–water partition coefficient (Wildman–Crippen LogP) is 6.43. The van der Waals surface area contributed by atoms with E-state index in [0.717, 1.165) is 47.0 Å². The van der Waals surface area contributed by atoms with Crippen molar-refractivity contribution in [3.8, 4) is 11.5 Å². The summed E-state index contributed by atoms with van der Waals surface area (Å²) in [5.74, 6) is 1.58. The van der Waals surface area contributed by atoms with E-state index in [-0.39, 0.29) is 0 Å². The number of benzene rings is 3. The van der Waals surface area contributed by atoms with E-state index in [9.17, 15) is 0 Å². The lowest BCUT2D eigenvalue weighted by molar-refractivity contribution is 0.265. The maximum absolute atomic E-state index is 6.20. The van der Waals surface area contributed by atoms with E-state index >= 15 is 0 Å². The summed E-state index contributed by atoms with van der Waals surface area (Å²) >= 11 is 5.99. The van der Waals surface area contributed by atoms with E-state index in [2.05, 4.69) is 48.6 Å². The highest BCUT2D eigenvalue weighted by molar-refractivity contribution is 6.30. The maximum Gasteiger partial charge on any atom is 0.166 e. The van der Waals surface area contributed by atoms with Crippen molar-refractivity contribution < 1.29 is 9.47 Å². The molecule has 0 heterocycles. The fourth-order valence-corrected chi connectivity index (χ4v) is 3.41. The third-order valence-electron chi connectivity index (χ3n) is 5.01. The first-order chi connectivity index (χ1) is 14.7. The fourth-order valence-electron chi connectivity index (χ4n) is 3.28. The zero-order valence-corrected chi connectivity index (χ0v) is 18.5. The van der Waals surface area contributed by atoms with Gasteiger partial charge in [0.1, 0.15) is 6.61 Å². The second-order valence-corrected chi connectivity index (χ2v) is 7.84. The van der Waals surface area contributed by atoms with Crippen LogP contribution in [0.4, 0.5) is 0 Å². The van der Waals surface area contributed by atoms with Crippen molar-refractivity contribution in [3.05, 3.63) is 94.5 Å². The van der Waals surface area contributed by atoms with Crippen LogP contribution in [-0.2, 0) is 19.6 Å². The predicted molar refractivity (Wildman–Crippen MR) is 124 cm³/mol. The van der Waals surface area contributed by atoms with Crippen molar-refractivity contribution in [1.29, 1.82) is 0 Å². The van der Waals surface area contributed by atoms with Crippen LogP contribution in [0.1, 0.15) is 37.0 Å². The first-order valence-electron chi connectivity index (χ1n) is 10.5. The quantitative estimate of drug-likeness (QED) is 0.385. The van der Waals surface area contributed by atoms with E-state index in [0.29, 0.717) is 19.3 Å². The van der Waals surface area contributed by atoms with Gasteiger partial charge in [0.2, 0.25) is 0 Å². The van der Waals surface area contributed by atoms with Gasteiger partial charge in [-0.05, 0) is 56.0 Å². The molecule has 0 amide bonds. The Kier molecular flexibility index (Phi) is 8.61. The Labute approximate surface area is 185 Å². The van der Waals surface area contributed by atoms with Crippen LogP contribution in [0.15, 0.2) is 72.8 Å². The van der Waals surface area contributed by atoms with E-state index < -0.39 is 0 Å². The number of hydrogen-bond donors (Lipinski definition) is 1. The van der Waals surface area contributed by atoms with Gasteiger partial charge in [0.25, 0.3) is 0 Å². The van der Waals surface area contributed by atoms with Crippen LogP contribution in [0.3, 0.4) is 0 Å². The standard InChI is InChI=1S/C26H30ClNO2/c1-3-29-25-11-7-10-23(26(25)30-19-22-14-16-24(27)17-15-22)18-28-20(2)12-13-21-8-5-4-6-9-21/h4-11,14-17,20,28H,3,12-13,18-19H2,1-2H3/t20-/m1/s1. The smallest absolute Gasteiger partial charge is 0.166 e. The number of rotatable bonds is 11. The number of ether oxygens (including phenoxy) is 2. The Morgan fingerprint density at radius 3 is 2.37 bits per heavy atom. The molecule has 158 valence electrons. The molecule has 1 N–H and O–H groups in total. The molecule has 0 aliphatic carbocycles. The zero-order valence-electron chi connectivity index (χ0n) is 17.7. The minimum absolute atomic E-state index is 0.394. The highest BCUT2D eigenvalue weighted by atomic mass is 35.5. The molecule has 0 spiro atoms. The van der Waals surface area contributed by atoms with Gasteiger partial charge < -0.3 is 14.8 Å². The highest BCUT2D eigenvalue weighted by Crippen LogP contribution is 2.32. The van der Waals surface area contributed by atoms with E-state index in [4.69, 9.17) is 21.1 Å². The summed E-state index contributed by atoms with van der Waals surface area (Å²) in [6.07, 6.45) is 2.14. The van der Waals surface area contributed by atoms with Crippen molar-refractivity contribution in [1.82, 2.24) is 5.32 Å².